The summed E-state index contributed by atoms with van der Waals surface area (Å²) in [6, 6.07) is 12.9. The van der Waals surface area contributed by atoms with Crippen molar-refractivity contribution in [2.45, 2.75) is 27.7 Å². The molecule has 0 aliphatic rings. The zero-order chi connectivity index (χ0) is 18.1. The van der Waals surface area contributed by atoms with Gasteiger partial charge in [0, 0.05) is 34.2 Å². The van der Waals surface area contributed by atoms with Gasteiger partial charge in [0.1, 0.15) is 5.58 Å². The Kier molecular flexibility index (Phi) is 4.45. The second-order valence-electron chi connectivity index (χ2n) is 6.61. The molecule has 3 rings (SSSR count). The van der Waals surface area contributed by atoms with Crippen LogP contribution in [0.3, 0.4) is 0 Å². The molecule has 0 radical (unpaired) electrons. The largest absolute Gasteiger partial charge is 0.452 e. The van der Waals surface area contributed by atoms with E-state index in [2.05, 4.69) is 5.32 Å². The lowest BCUT2D eigenvalue weighted by Gasteiger charge is -2.07. The Morgan fingerprint density at radius 2 is 1.68 bits per heavy atom. The van der Waals surface area contributed by atoms with E-state index in [1.807, 2.05) is 52.0 Å². The predicted octanol–water partition coefficient (Wildman–Crippen LogP) is 4.88. The predicted molar refractivity (Wildman–Crippen MR) is 99.0 cm³/mol. The number of aryl methyl sites for hydroxylation is 2. The molecule has 1 amide bonds. The Labute approximate surface area is 146 Å². The van der Waals surface area contributed by atoms with Gasteiger partial charge < -0.3 is 9.73 Å². The Morgan fingerprint density at radius 3 is 2.32 bits per heavy atom. The van der Waals surface area contributed by atoms with Gasteiger partial charge in [0.25, 0.3) is 0 Å². The summed E-state index contributed by atoms with van der Waals surface area (Å²) in [5.41, 5.74) is 3.76. The molecule has 1 aromatic heterocycles. The number of nitrogens with one attached hydrogen (secondary N) is 1. The van der Waals surface area contributed by atoms with Gasteiger partial charge in [-0.2, -0.15) is 0 Å². The molecule has 1 heterocycles. The molecule has 25 heavy (non-hydrogen) atoms. The third-order valence-corrected chi connectivity index (χ3v) is 4.25. The van der Waals surface area contributed by atoms with Crippen molar-refractivity contribution in [3.05, 3.63) is 64.9 Å². The standard InChI is InChI=1S/C21H21NO3/c1-12(2)21(24)22-16-9-10-17-14(4)20(25-18(17)11-16)19(23)15-7-5-13(3)6-8-15/h5-12H,1-4H3,(H,22,24). The van der Waals surface area contributed by atoms with Crippen LogP contribution < -0.4 is 5.32 Å². The minimum atomic E-state index is -0.138. The zero-order valence-corrected chi connectivity index (χ0v) is 14.8. The van der Waals surface area contributed by atoms with Gasteiger partial charge in [-0.25, -0.2) is 0 Å². The summed E-state index contributed by atoms with van der Waals surface area (Å²) in [6.07, 6.45) is 0. The molecule has 0 saturated heterocycles. The van der Waals surface area contributed by atoms with Crippen LogP contribution in [0.5, 0.6) is 0 Å². The van der Waals surface area contributed by atoms with Crippen LogP contribution in [0.1, 0.15) is 41.1 Å². The van der Waals surface area contributed by atoms with Gasteiger partial charge >= 0.3 is 0 Å². The quantitative estimate of drug-likeness (QED) is 0.692. The lowest BCUT2D eigenvalue weighted by Crippen LogP contribution is -2.17. The average Bonchev–Trinajstić information content (AvgIpc) is 2.91. The number of hydrogen-bond acceptors (Lipinski definition) is 3. The van der Waals surface area contributed by atoms with Crippen molar-refractivity contribution in [3.63, 3.8) is 0 Å². The molecule has 1 N–H and O–H groups in total. The lowest BCUT2D eigenvalue weighted by molar-refractivity contribution is -0.118. The molecule has 0 bridgehead atoms. The number of carbonyl (C=O) groups excluding carboxylic acids is 2. The minimum Gasteiger partial charge on any atom is -0.452 e. The highest BCUT2D eigenvalue weighted by Crippen LogP contribution is 2.29. The number of ketones is 1. The molecule has 3 aromatic rings. The number of amides is 1. The van der Waals surface area contributed by atoms with Crippen LogP contribution in [0.4, 0.5) is 5.69 Å². The number of furan rings is 1. The van der Waals surface area contributed by atoms with Crippen molar-refractivity contribution in [1.82, 2.24) is 0 Å². The summed E-state index contributed by atoms with van der Waals surface area (Å²) in [5, 5.41) is 3.72. The molecule has 0 saturated carbocycles. The molecular weight excluding hydrogens is 314 g/mol. The molecular formula is C21H21NO3. The first kappa shape index (κ1) is 17.0. The third-order valence-electron chi connectivity index (χ3n) is 4.25. The molecule has 0 aliphatic heterocycles. The van der Waals surface area contributed by atoms with E-state index >= 15 is 0 Å². The van der Waals surface area contributed by atoms with Gasteiger partial charge in [0.2, 0.25) is 11.7 Å². The minimum absolute atomic E-state index is 0.0569. The molecule has 2 aromatic carbocycles. The number of hydrogen-bond donors (Lipinski definition) is 1. The van der Waals surface area contributed by atoms with Gasteiger partial charge in [-0.3, -0.25) is 9.59 Å². The van der Waals surface area contributed by atoms with Gasteiger partial charge in [-0.05, 0) is 26.0 Å². The Bertz CT molecular complexity index is 949. The topological polar surface area (TPSA) is 59.3 Å². The summed E-state index contributed by atoms with van der Waals surface area (Å²) in [7, 11) is 0. The lowest BCUT2D eigenvalue weighted by atomic mass is 10.0. The molecule has 0 aliphatic carbocycles. The van der Waals surface area contributed by atoms with Crippen LogP contribution >= 0.6 is 0 Å². The molecule has 0 unspecified atom stereocenters. The number of anilines is 1. The zero-order valence-electron chi connectivity index (χ0n) is 14.8. The Morgan fingerprint density at radius 1 is 1.00 bits per heavy atom. The average molecular weight is 335 g/mol. The Hall–Kier alpha value is -2.88. The fourth-order valence-electron chi connectivity index (χ4n) is 2.64. The second kappa shape index (κ2) is 6.55. The van der Waals surface area contributed by atoms with Crippen LogP contribution in [0.25, 0.3) is 11.0 Å². The van der Waals surface area contributed by atoms with E-state index in [9.17, 15) is 9.59 Å². The van der Waals surface area contributed by atoms with E-state index in [1.165, 1.54) is 0 Å². The first-order valence-electron chi connectivity index (χ1n) is 8.32. The van der Waals surface area contributed by atoms with E-state index in [0.717, 1.165) is 16.5 Å². The number of carbonyl (C=O) groups is 2. The SMILES string of the molecule is Cc1ccc(C(=O)c2oc3cc(NC(=O)C(C)C)ccc3c2C)cc1. The van der Waals surface area contributed by atoms with Crippen molar-refractivity contribution >= 4 is 28.3 Å². The first-order valence-corrected chi connectivity index (χ1v) is 8.32. The van der Waals surface area contributed by atoms with Crippen molar-refractivity contribution in [2.75, 3.05) is 5.32 Å². The summed E-state index contributed by atoms with van der Waals surface area (Å²) >= 11 is 0. The van der Waals surface area contributed by atoms with Crippen LogP contribution in [-0.4, -0.2) is 11.7 Å². The summed E-state index contributed by atoms with van der Waals surface area (Å²) in [5.74, 6) is 0.0407. The van der Waals surface area contributed by atoms with Crippen LogP contribution in [-0.2, 0) is 4.79 Å². The van der Waals surface area contributed by atoms with E-state index in [-0.39, 0.29) is 17.6 Å². The highest BCUT2D eigenvalue weighted by atomic mass is 16.3. The van der Waals surface area contributed by atoms with Gasteiger partial charge in [-0.1, -0.05) is 43.7 Å². The molecule has 0 spiro atoms. The van der Waals surface area contributed by atoms with E-state index in [0.29, 0.717) is 22.6 Å². The normalized spacial score (nSPS) is 11.1. The number of benzene rings is 2. The smallest absolute Gasteiger partial charge is 0.228 e. The molecule has 4 nitrogen and oxygen atoms in total. The van der Waals surface area contributed by atoms with Crippen molar-refractivity contribution < 1.29 is 14.0 Å². The summed E-state index contributed by atoms with van der Waals surface area (Å²) in [6.45, 7) is 7.53. The van der Waals surface area contributed by atoms with Crippen molar-refractivity contribution in [3.8, 4) is 0 Å². The van der Waals surface area contributed by atoms with Gasteiger partial charge in [-0.15, -0.1) is 0 Å². The highest BCUT2D eigenvalue weighted by molar-refractivity contribution is 6.10. The third kappa shape index (κ3) is 3.33. The fraction of sp³-hybridized carbons (Fsp3) is 0.238. The summed E-state index contributed by atoms with van der Waals surface area (Å²) in [4.78, 5) is 24.6. The van der Waals surface area contributed by atoms with Crippen molar-refractivity contribution in [1.29, 1.82) is 0 Å². The van der Waals surface area contributed by atoms with Crippen LogP contribution in [0.15, 0.2) is 46.9 Å². The van der Waals surface area contributed by atoms with Gasteiger partial charge in [0.05, 0.1) is 0 Å². The maximum Gasteiger partial charge on any atom is 0.228 e. The van der Waals surface area contributed by atoms with Crippen LogP contribution in [0, 0.1) is 19.8 Å². The Balaban J connectivity index is 1.97. The van der Waals surface area contributed by atoms with E-state index in [4.69, 9.17) is 4.42 Å². The maximum atomic E-state index is 12.7. The summed E-state index contributed by atoms with van der Waals surface area (Å²) < 4.78 is 5.83. The number of rotatable bonds is 4. The number of fused-ring (bicyclic) bond motifs is 1. The molecule has 0 fully saturated rings. The molecule has 128 valence electrons. The van der Waals surface area contributed by atoms with E-state index < -0.39 is 0 Å². The molecule has 0 atom stereocenters. The van der Waals surface area contributed by atoms with E-state index in [1.54, 1.807) is 18.2 Å². The fourth-order valence-corrected chi connectivity index (χ4v) is 2.64. The molecule has 4 heteroatoms. The monoisotopic (exact) mass is 335 g/mol. The maximum absolute atomic E-state index is 12.7. The van der Waals surface area contributed by atoms with Gasteiger partial charge in [0.15, 0.2) is 5.76 Å². The first-order chi connectivity index (χ1) is 11.9. The second-order valence-corrected chi connectivity index (χ2v) is 6.61. The highest BCUT2D eigenvalue weighted by Gasteiger charge is 2.19. The van der Waals surface area contributed by atoms with Crippen molar-refractivity contribution in [2.24, 2.45) is 5.92 Å². The van der Waals surface area contributed by atoms with Crippen LogP contribution in [0.2, 0.25) is 0 Å².